The fourth-order valence-electron chi connectivity index (χ4n) is 1.93. The van der Waals surface area contributed by atoms with E-state index in [4.69, 9.17) is 17.0 Å². The average Bonchev–Trinajstić information content (AvgIpc) is 2.74. The zero-order chi connectivity index (χ0) is 16.3. The number of hydrogen-bond donors (Lipinski definition) is 0. The number of thioether (sulfide) groups is 1. The lowest BCUT2D eigenvalue weighted by Gasteiger charge is -2.12. The van der Waals surface area contributed by atoms with Crippen molar-refractivity contribution in [1.29, 1.82) is 0 Å². The maximum absolute atomic E-state index is 12.0. The van der Waals surface area contributed by atoms with Crippen LogP contribution in [-0.2, 0) is 9.53 Å². The van der Waals surface area contributed by atoms with Gasteiger partial charge in [-0.2, -0.15) is 0 Å². The maximum atomic E-state index is 12.0. The van der Waals surface area contributed by atoms with E-state index in [0.29, 0.717) is 20.7 Å². The number of benzene rings is 1. The molecule has 3 nitrogen and oxygen atoms in total. The Balaban J connectivity index is 2.18. The summed E-state index contributed by atoms with van der Waals surface area (Å²) in [7, 11) is 1.67. The Labute approximate surface area is 140 Å². The van der Waals surface area contributed by atoms with E-state index in [0.717, 1.165) is 11.1 Å². The maximum Gasteiger partial charge on any atom is 0.266 e. The summed E-state index contributed by atoms with van der Waals surface area (Å²) in [4.78, 5) is 14.0. The van der Waals surface area contributed by atoms with Gasteiger partial charge < -0.3 is 4.74 Å². The largest absolute Gasteiger partial charge is 0.458 e. The van der Waals surface area contributed by atoms with Gasteiger partial charge in [-0.25, -0.2) is 0 Å². The molecule has 22 heavy (non-hydrogen) atoms. The van der Waals surface area contributed by atoms with E-state index >= 15 is 0 Å². The molecule has 1 aliphatic heterocycles. The highest BCUT2D eigenvalue weighted by atomic mass is 32.2. The number of aryl methyl sites for hydroxylation is 1. The molecule has 5 heteroatoms. The van der Waals surface area contributed by atoms with E-state index in [9.17, 15) is 4.79 Å². The Bertz CT molecular complexity index is 704. The molecule has 114 valence electrons. The monoisotopic (exact) mass is 331 g/mol. The molecule has 1 aliphatic rings. The molecule has 1 heterocycles. The quantitative estimate of drug-likeness (QED) is 0.468. The number of rotatable bonds is 4. The van der Waals surface area contributed by atoms with Crippen LogP contribution in [0.15, 0.2) is 53.7 Å². The van der Waals surface area contributed by atoms with Crippen LogP contribution in [0, 0.1) is 6.92 Å². The molecule has 0 unspecified atom stereocenters. The van der Waals surface area contributed by atoms with Crippen molar-refractivity contribution in [2.24, 2.45) is 0 Å². The molecule has 2 rings (SSSR count). The van der Waals surface area contributed by atoms with Crippen molar-refractivity contribution in [2.75, 3.05) is 7.05 Å². The van der Waals surface area contributed by atoms with Gasteiger partial charge in [0.2, 0.25) is 0 Å². The van der Waals surface area contributed by atoms with Crippen LogP contribution in [0.25, 0.3) is 5.76 Å². The molecular weight excluding hydrogens is 314 g/mol. The van der Waals surface area contributed by atoms with Gasteiger partial charge in [-0.3, -0.25) is 9.69 Å². The lowest BCUT2D eigenvalue weighted by atomic mass is 10.1. The molecule has 0 saturated carbocycles. The fraction of sp³-hybridized carbons (Fsp3) is 0.176. The van der Waals surface area contributed by atoms with E-state index in [2.05, 4.69) is 6.58 Å². The standard InChI is InChI=1S/C17H17NO2S2/c1-5-13(10-15-16(19)18(4)17(21)22-15)20-12(3)14-9-7-6-8-11(14)2/h5-10H,3H2,1-2,4H3/b13-5-,15-10-. The predicted molar refractivity (Wildman–Crippen MR) is 96.1 cm³/mol. The van der Waals surface area contributed by atoms with Gasteiger partial charge in [-0.05, 0) is 25.5 Å². The molecular formula is C17H17NO2S2. The summed E-state index contributed by atoms with van der Waals surface area (Å²) in [5, 5.41) is 0. The summed E-state index contributed by atoms with van der Waals surface area (Å²) in [6.07, 6.45) is 3.50. The Morgan fingerprint density at radius 2 is 2.09 bits per heavy atom. The Morgan fingerprint density at radius 1 is 1.41 bits per heavy atom. The number of nitrogens with zero attached hydrogens (tertiary/aromatic N) is 1. The first-order valence-electron chi connectivity index (χ1n) is 6.74. The van der Waals surface area contributed by atoms with Gasteiger partial charge in [0.05, 0.1) is 4.91 Å². The molecule has 0 bridgehead atoms. The first kappa shape index (κ1) is 16.5. The van der Waals surface area contributed by atoms with Crippen LogP contribution >= 0.6 is 24.0 Å². The minimum Gasteiger partial charge on any atom is -0.458 e. The first-order valence-corrected chi connectivity index (χ1v) is 7.97. The van der Waals surface area contributed by atoms with E-state index in [-0.39, 0.29) is 5.91 Å². The zero-order valence-corrected chi connectivity index (χ0v) is 14.4. The average molecular weight is 331 g/mol. The van der Waals surface area contributed by atoms with Gasteiger partial charge in [0.25, 0.3) is 5.91 Å². The lowest BCUT2D eigenvalue weighted by Crippen LogP contribution is -2.22. The number of carbonyl (C=O) groups is 1. The summed E-state index contributed by atoms with van der Waals surface area (Å²) >= 11 is 6.39. The Morgan fingerprint density at radius 3 is 2.64 bits per heavy atom. The number of amides is 1. The molecule has 1 aromatic rings. The van der Waals surface area contributed by atoms with Gasteiger partial charge in [0.15, 0.2) is 0 Å². The van der Waals surface area contributed by atoms with E-state index < -0.39 is 0 Å². The molecule has 0 radical (unpaired) electrons. The van der Waals surface area contributed by atoms with Crippen LogP contribution in [0.4, 0.5) is 0 Å². The van der Waals surface area contributed by atoms with Crippen molar-refractivity contribution in [2.45, 2.75) is 13.8 Å². The minimum absolute atomic E-state index is 0.112. The van der Waals surface area contributed by atoms with Crippen LogP contribution < -0.4 is 0 Å². The predicted octanol–water partition coefficient (Wildman–Crippen LogP) is 4.26. The molecule has 0 N–H and O–H groups in total. The Hall–Kier alpha value is -1.85. The van der Waals surface area contributed by atoms with Gasteiger partial charge in [0, 0.05) is 18.7 Å². The molecule has 1 fully saturated rings. The summed E-state index contributed by atoms with van der Waals surface area (Å²) in [5.41, 5.74) is 2.03. The van der Waals surface area contributed by atoms with Crippen LogP contribution in [0.3, 0.4) is 0 Å². The van der Waals surface area contributed by atoms with Gasteiger partial charge in [-0.1, -0.05) is 54.8 Å². The van der Waals surface area contributed by atoms with E-state index in [1.165, 1.54) is 16.7 Å². The highest BCUT2D eigenvalue weighted by molar-refractivity contribution is 8.26. The number of carbonyl (C=O) groups excluding carboxylic acids is 1. The van der Waals surface area contributed by atoms with Gasteiger partial charge in [-0.15, -0.1) is 0 Å². The van der Waals surface area contributed by atoms with Crippen LogP contribution in [-0.4, -0.2) is 22.2 Å². The lowest BCUT2D eigenvalue weighted by molar-refractivity contribution is -0.121. The second-order valence-corrected chi connectivity index (χ2v) is 6.45. The molecule has 0 aromatic heterocycles. The molecule has 0 atom stereocenters. The third-order valence-corrected chi connectivity index (χ3v) is 4.72. The normalized spacial score (nSPS) is 17.3. The number of hydrogen-bond acceptors (Lipinski definition) is 4. The van der Waals surface area contributed by atoms with Crippen molar-refractivity contribution in [1.82, 2.24) is 4.90 Å². The van der Waals surface area contributed by atoms with Crippen molar-refractivity contribution in [3.05, 3.63) is 64.8 Å². The highest BCUT2D eigenvalue weighted by Crippen LogP contribution is 2.31. The van der Waals surface area contributed by atoms with Gasteiger partial charge >= 0.3 is 0 Å². The van der Waals surface area contributed by atoms with E-state index in [1.54, 1.807) is 19.2 Å². The number of allylic oxidation sites excluding steroid dienone is 2. The topological polar surface area (TPSA) is 29.5 Å². The smallest absolute Gasteiger partial charge is 0.266 e. The summed E-state index contributed by atoms with van der Waals surface area (Å²) in [5.74, 6) is 1.01. The molecule has 0 spiro atoms. The van der Waals surface area contributed by atoms with Crippen LogP contribution in [0.1, 0.15) is 18.1 Å². The second kappa shape index (κ2) is 6.94. The van der Waals surface area contributed by atoms with Crippen molar-refractivity contribution in [3.63, 3.8) is 0 Å². The second-order valence-electron chi connectivity index (χ2n) is 4.77. The third kappa shape index (κ3) is 3.48. The summed E-state index contributed by atoms with van der Waals surface area (Å²) < 4.78 is 6.36. The molecule has 1 amide bonds. The van der Waals surface area contributed by atoms with Crippen LogP contribution in [0.2, 0.25) is 0 Å². The Kier molecular flexibility index (Phi) is 5.21. The SMILES string of the molecule is C=C(OC(=C\C)/C=C1\SC(=S)N(C)C1=O)c1ccccc1C. The third-order valence-electron chi connectivity index (χ3n) is 3.23. The van der Waals surface area contributed by atoms with Crippen LogP contribution in [0.5, 0.6) is 0 Å². The number of likely N-dealkylation sites (N-methyl/N-ethyl adjacent to an activating group) is 1. The summed E-state index contributed by atoms with van der Waals surface area (Å²) in [6.45, 7) is 7.83. The number of ether oxygens (including phenoxy) is 1. The van der Waals surface area contributed by atoms with Gasteiger partial charge in [0.1, 0.15) is 15.8 Å². The minimum atomic E-state index is -0.112. The summed E-state index contributed by atoms with van der Waals surface area (Å²) in [6, 6.07) is 7.86. The molecule has 1 saturated heterocycles. The van der Waals surface area contributed by atoms with Crippen molar-refractivity contribution >= 4 is 40.0 Å². The molecule has 0 aliphatic carbocycles. The fourth-order valence-corrected chi connectivity index (χ4v) is 3.09. The number of thiocarbonyl (C=S) groups is 1. The first-order chi connectivity index (χ1) is 10.4. The van der Waals surface area contributed by atoms with E-state index in [1.807, 2.05) is 38.1 Å². The highest BCUT2D eigenvalue weighted by Gasteiger charge is 2.29. The molecule has 1 aromatic carbocycles. The van der Waals surface area contributed by atoms with Crippen molar-refractivity contribution in [3.8, 4) is 0 Å². The van der Waals surface area contributed by atoms with Crippen molar-refractivity contribution < 1.29 is 9.53 Å². The zero-order valence-electron chi connectivity index (χ0n) is 12.8.